The molecule has 2 amide bonds. The van der Waals surface area contributed by atoms with E-state index in [1.54, 1.807) is 18.2 Å². The molecule has 0 aliphatic heterocycles. The highest BCUT2D eigenvalue weighted by atomic mass is 19.4. The summed E-state index contributed by atoms with van der Waals surface area (Å²) in [5.41, 5.74) is 0.810. The van der Waals surface area contributed by atoms with Crippen LogP contribution in [-0.4, -0.2) is 21.2 Å². The number of aromatic nitrogens is 2. The van der Waals surface area contributed by atoms with Gasteiger partial charge in [-0.1, -0.05) is 6.07 Å². The second-order valence-electron chi connectivity index (χ2n) is 5.86. The Morgan fingerprint density at radius 1 is 1.15 bits per heavy atom. The molecule has 3 rings (SSSR count). The smallest absolute Gasteiger partial charge is 0.346 e. The van der Waals surface area contributed by atoms with E-state index in [-0.39, 0.29) is 12.5 Å². The van der Waals surface area contributed by atoms with Gasteiger partial charge in [0.1, 0.15) is 5.65 Å². The van der Waals surface area contributed by atoms with Gasteiger partial charge in [-0.3, -0.25) is 9.59 Å². The third-order valence-corrected chi connectivity index (χ3v) is 3.70. The standard InChI is InChI=1S/C18H15F3N4O2/c1-11(26)23-14-4-2-3-12(7-14)17(27)22-8-15-10-25-9-13(18(19,20)21)5-6-16(25)24-15/h2-7,9-10H,8H2,1H3,(H,22,27)(H,23,26). The second-order valence-corrected chi connectivity index (χ2v) is 5.86. The first-order chi connectivity index (χ1) is 12.7. The number of nitrogens with one attached hydrogen (secondary N) is 2. The molecule has 0 saturated heterocycles. The fourth-order valence-electron chi connectivity index (χ4n) is 2.51. The van der Waals surface area contributed by atoms with Crippen LogP contribution in [0.15, 0.2) is 48.8 Å². The number of imidazole rings is 1. The van der Waals surface area contributed by atoms with Crippen LogP contribution in [0.2, 0.25) is 0 Å². The highest BCUT2D eigenvalue weighted by Crippen LogP contribution is 2.29. The van der Waals surface area contributed by atoms with Crippen LogP contribution >= 0.6 is 0 Å². The molecule has 0 aliphatic carbocycles. The van der Waals surface area contributed by atoms with Gasteiger partial charge >= 0.3 is 6.18 Å². The Kier molecular flexibility index (Phi) is 4.85. The number of hydrogen-bond donors (Lipinski definition) is 2. The number of rotatable bonds is 4. The maximum atomic E-state index is 12.8. The Morgan fingerprint density at radius 3 is 2.63 bits per heavy atom. The minimum absolute atomic E-state index is 0.0478. The number of anilines is 1. The maximum absolute atomic E-state index is 12.8. The molecule has 0 atom stereocenters. The fourth-order valence-corrected chi connectivity index (χ4v) is 2.51. The Morgan fingerprint density at radius 2 is 1.93 bits per heavy atom. The summed E-state index contributed by atoms with van der Waals surface area (Å²) in [5, 5.41) is 5.23. The molecule has 27 heavy (non-hydrogen) atoms. The van der Waals surface area contributed by atoms with Crippen molar-refractivity contribution in [3.05, 3.63) is 65.6 Å². The minimum atomic E-state index is -4.44. The van der Waals surface area contributed by atoms with Crippen molar-refractivity contribution in [2.45, 2.75) is 19.6 Å². The highest BCUT2D eigenvalue weighted by Gasteiger charge is 2.30. The van der Waals surface area contributed by atoms with E-state index in [1.807, 2.05) is 0 Å². The van der Waals surface area contributed by atoms with Crippen molar-refractivity contribution in [1.29, 1.82) is 0 Å². The molecular formula is C18H15F3N4O2. The summed E-state index contributed by atoms with van der Waals surface area (Å²) < 4.78 is 39.5. The van der Waals surface area contributed by atoms with Crippen molar-refractivity contribution >= 4 is 23.1 Å². The van der Waals surface area contributed by atoms with E-state index in [0.717, 1.165) is 12.3 Å². The molecule has 6 nitrogen and oxygen atoms in total. The van der Waals surface area contributed by atoms with E-state index in [1.165, 1.54) is 29.7 Å². The second kappa shape index (κ2) is 7.10. The van der Waals surface area contributed by atoms with Gasteiger partial charge in [0.15, 0.2) is 0 Å². The van der Waals surface area contributed by atoms with E-state index in [0.29, 0.717) is 22.6 Å². The predicted octanol–water partition coefficient (Wildman–Crippen LogP) is 3.24. The highest BCUT2D eigenvalue weighted by molar-refractivity contribution is 5.96. The van der Waals surface area contributed by atoms with Crippen LogP contribution in [0.4, 0.5) is 18.9 Å². The van der Waals surface area contributed by atoms with Gasteiger partial charge in [-0.15, -0.1) is 0 Å². The molecule has 0 radical (unpaired) electrons. The lowest BCUT2D eigenvalue weighted by atomic mass is 10.2. The summed E-state index contributed by atoms with van der Waals surface area (Å²) in [6.45, 7) is 1.41. The number of amides is 2. The zero-order valence-electron chi connectivity index (χ0n) is 14.2. The normalized spacial score (nSPS) is 11.4. The predicted molar refractivity (Wildman–Crippen MR) is 92.1 cm³/mol. The topological polar surface area (TPSA) is 75.5 Å². The van der Waals surface area contributed by atoms with Crippen LogP contribution in [0, 0.1) is 0 Å². The van der Waals surface area contributed by atoms with Crippen LogP contribution in [0.3, 0.4) is 0 Å². The maximum Gasteiger partial charge on any atom is 0.417 e. The Hall–Kier alpha value is -3.36. The molecule has 140 valence electrons. The number of fused-ring (bicyclic) bond motifs is 1. The van der Waals surface area contributed by atoms with Crippen LogP contribution in [0.5, 0.6) is 0 Å². The van der Waals surface area contributed by atoms with Gasteiger partial charge in [0.25, 0.3) is 5.91 Å². The molecule has 2 heterocycles. The van der Waals surface area contributed by atoms with E-state index in [2.05, 4.69) is 15.6 Å². The largest absolute Gasteiger partial charge is 0.417 e. The van der Waals surface area contributed by atoms with Gasteiger partial charge in [0.2, 0.25) is 5.91 Å². The molecular weight excluding hydrogens is 361 g/mol. The van der Waals surface area contributed by atoms with E-state index < -0.39 is 17.6 Å². The molecule has 3 aromatic rings. The van der Waals surface area contributed by atoms with Crippen LogP contribution in [0.25, 0.3) is 5.65 Å². The minimum Gasteiger partial charge on any atom is -0.346 e. The number of halogens is 3. The van der Waals surface area contributed by atoms with Crippen LogP contribution < -0.4 is 10.6 Å². The number of alkyl halides is 3. The first-order valence-corrected chi connectivity index (χ1v) is 7.93. The summed E-state index contributed by atoms with van der Waals surface area (Å²) in [6, 6.07) is 8.61. The molecule has 0 unspecified atom stereocenters. The summed E-state index contributed by atoms with van der Waals surface area (Å²) >= 11 is 0. The quantitative estimate of drug-likeness (QED) is 0.734. The van der Waals surface area contributed by atoms with Crippen molar-refractivity contribution in [2.24, 2.45) is 0 Å². The van der Waals surface area contributed by atoms with Crippen molar-refractivity contribution in [3.63, 3.8) is 0 Å². The third-order valence-electron chi connectivity index (χ3n) is 3.70. The number of benzene rings is 1. The lowest BCUT2D eigenvalue weighted by Gasteiger charge is -2.06. The molecule has 0 spiro atoms. The summed E-state index contributed by atoms with van der Waals surface area (Å²) in [4.78, 5) is 27.5. The molecule has 0 bridgehead atoms. The molecule has 0 fully saturated rings. The van der Waals surface area contributed by atoms with Crippen LogP contribution in [-0.2, 0) is 17.5 Å². The Labute approximate surface area is 152 Å². The average molecular weight is 376 g/mol. The number of nitrogens with zero attached hydrogens (tertiary/aromatic N) is 2. The average Bonchev–Trinajstić information content (AvgIpc) is 3.00. The molecule has 0 saturated carbocycles. The van der Waals surface area contributed by atoms with Gasteiger partial charge in [0.05, 0.1) is 17.8 Å². The number of pyridine rings is 1. The summed E-state index contributed by atoms with van der Waals surface area (Å²) in [5.74, 6) is -0.647. The SMILES string of the molecule is CC(=O)Nc1cccc(C(=O)NCc2cn3cc(C(F)(F)F)ccc3n2)c1. The molecule has 0 aliphatic rings. The van der Waals surface area contributed by atoms with Crippen LogP contribution in [0.1, 0.15) is 28.5 Å². The van der Waals surface area contributed by atoms with Gasteiger partial charge in [0, 0.05) is 30.6 Å². The Balaban J connectivity index is 1.71. The first-order valence-electron chi connectivity index (χ1n) is 7.93. The van der Waals surface area contributed by atoms with Crippen molar-refractivity contribution in [1.82, 2.24) is 14.7 Å². The van der Waals surface area contributed by atoms with Crippen molar-refractivity contribution < 1.29 is 22.8 Å². The summed E-state index contributed by atoms with van der Waals surface area (Å²) in [6.07, 6.45) is -2.06. The lowest BCUT2D eigenvalue weighted by molar-refractivity contribution is -0.137. The lowest BCUT2D eigenvalue weighted by Crippen LogP contribution is -2.23. The first kappa shape index (κ1) is 18.4. The van der Waals surface area contributed by atoms with Crippen molar-refractivity contribution in [2.75, 3.05) is 5.32 Å². The summed E-state index contributed by atoms with van der Waals surface area (Å²) in [7, 11) is 0. The van der Waals surface area contributed by atoms with Crippen molar-refractivity contribution in [3.8, 4) is 0 Å². The molecule has 2 aromatic heterocycles. The van der Waals surface area contributed by atoms with E-state index in [4.69, 9.17) is 0 Å². The van der Waals surface area contributed by atoms with Gasteiger partial charge in [-0.05, 0) is 30.3 Å². The number of hydrogen-bond acceptors (Lipinski definition) is 3. The zero-order valence-corrected chi connectivity index (χ0v) is 14.2. The van der Waals surface area contributed by atoms with Gasteiger partial charge < -0.3 is 15.0 Å². The van der Waals surface area contributed by atoms with Gasteiger partial charge in [-0.2, -0.15) is 13.2 Å². The fraction of sp³-hybridized carbons (Fsp3) is 0.167. The zero-order chi connectivity index (χ0) is 19.6. The number of carbonyl (C=O) groups is 2. The number of carbonyl (C=O) groups excluding carboxylic acids is 2. The Bertz CT molecular complexity index is 1010. The van der Waals surface area contributed by atoms with E-state index >= 15 is 0 Å². The van der Waals surface area contributed by atoms with Gasteiger partial charge in [-0.25, -0.2) is 4.98 Å². The van der Waals surface area contributed by atoms with E-state index in [9.17, 15) is 22.8 Å². The molecule has 1 aromatic carbocycles. The third kappa shape index (κ3) is 4.43. The molecule has 9 heteroatoms. The molecule has 2 N–H and O–H groups in total. The monoisotopic (exact) mass is 376 g/mol.